The summed E-state index contributed by atoms with van der Waals surface area (Å²) in [6, 6.07) is 16.5. The number of nitrogens with zero attached hydrogens (tertiary/aromatic N) is 2. The van der Waals surface area contributed by atoms with E-state index in [4.69, 9.17) is 0 Å². The summed E-state index contributed by atoms with van der Waals surface area (Å²) in [5, 5.41) is 0. The third-order valence-electron chi connectivity index (χ3n) is 3.06. The van der Waals surface area contributed by atoms with Crippen LogP contribution in [0, 0.1) is 0 Å². The first-order valence-electron chi connectivity index (χ1n) is 6.71. The molecule has 0 fully saturated rings. The van der Waals surface area contributed by atoms with E-state index in [2.05, 4.69) is 45.0 Å². The van der Waals surface area contributed by atoms with Crippen LogP contribution in [0.4, 0.5) is 0 Å². The standard InChI is InChI=1S/C17H15N3S/c1-2-16(13-19-9-1)15-3-5-17(6-4-15)21-20-12-14-7-10-18-11-8-14/h1-11,13,20H,12H2. The van der Waals surface area contributed by atoms with Gasteiger partial charge in [-0.1, -0.05) is 18.2 Å². The topological polar surface area (TPSA) is 37.8 Å². The zero-order valence-corrected chi connectivity index (χ0v) is 12.3. The van der Waals surface area contributed by atoms with Crippen molar-refractivity contribution < 1.29 is 0 Å². The van der Waals surface area contributed by atoms with Crippen molar-refractivity contribution in [2.45, 2.75) is 11.4 Å². The van der Waals surface area contributed by atoms with Crippen LogP contribution in [0.5, 0.6) is 0 Å². The molecular formula is C17H15N3S. The van der Waals surface area contributed by atoms with E-state index in [1.54, 1.807) is 18.1 Å². The first-order chi connectivity index (χ1) is 10.4. The minimum absolute atomic E-state index is 0.817. The van der Waals surface area contributed by atoms with Crippen molar-refractivity contribution in [2.24, 2.45) is 0 Å². The predicted octanol–water partition coefficient (Wildman–Crippen LogP) is 3.94. The molecule has 0 amide bonds. The second-order valence-electron chi connectivity index (χ2n) is 4.54. The highest BCUT2D eigenvalue weighted by Crippen LogP contribution is 2.22. The van der Waals surface area contributed by atoms with Gasteiger partial charge in [0, 0.05) is 36.2 Å². The second-order valence-corrected chi connectivity index (χ2v) is 5.51. The molecule has 3 aromatic rings. The van der Waals surface area contributed by atoms with Crippen molar-refractivity contribution in [1.82, 2.24) is 14.7 Å². The molecule has 0 aliphatic rings. The van der Waals surface area contributed by atoms with E-state index in [1.165, 1.54) is 16.0 Å². The lowest BCUT2D eigenvalue weighted by molar-refractivity contribution is 0.969. The Labute approximate surface area is 128 Å². The SMILES string of the molecule is c1cncc(-c2ccc(SNCc3ccncc3)cc2)c1. The van der Waals surface area contributed by atoms with Crippen LogP contribution in [0.1, 0.15) is 5.56 Å². The average Bonchev–Trinajstić information content (AvgIpc) is 2.57. The Bertz CT molecular complexity index is 669. The third kappa shape index (κ3) is 3.90. The fourth-order valence-corrected chi connectivity index (χ4v) is 2.63. The number of hydrogen-bond acceptors (Lipinski definition) is 4. The minimum Gasteiger partial charge on any atom is -0.265 e. The maximum absolute atomic E-state index is 4.14. The van der Waals surface area contributed by atoms with E-state index >= 15 is 0 Å². The lowest BCUT2D eigenvalue weighted by Gasteiger charge is -2.05. The highest BCUT2D eigenvalue weighted by Gasteiger charge is 1.99. The van der Waals surface area contributed by atoms with Crippen LogP contribution in [0.2, 0.25) is 0 Å². The van der Waals surface area contributed by atoms with E-state index < -0.39 is 0 Å². The molecule has 2 heterocycles. The van der Waals surface area contributed by atoms with Gasteiger partial charge in [-0.3, -0.25) is 14.7 Å². The van der Waals surface area contributed by atoms with Gasteiger partial charge in [-0.05, 0) is 59.0 Å². The van der Waals surface area contributed by atoms with E-state index in [-0.39, 0.29) is 0 Å². The molecule has 2 aromatic heterocycles. The van der Waals surface area contributed by atoms with Crippen molar-refractivity contribution in [3.8, 4) is 11.1 Å². The van der Waals surface area contributed by atoms with Gasteiger partial charge < -0.3 is 0 Å². The van der Waals surface area contributed by atoms with Crippen molar-refractivity contribution in [1.29, 1.82) is 0 Å². The summed E-state index contributed by atoms with van der Waals surface area (Å²) >= 11 is 1.63. The van der Waals surface area contributed by atoms with Gasteiger partial charge in [-0.15, -0.1) is 0 Å². The zero-order valence-electron chi connectivity index (χ0n) is 11.4. The van der Waals surface area contributed by atoms with Crippen LogP contribution in [0.15, 0.2) is 78.2 Å². The largest absolute Gasteiger partial charge is 0.265 e. The van der Waals surface area contributed by atoms with Gasteiger partial charge in [-0.25, -0.2) is 0 Å². The van der Waals surface area contributed by atoms with Crippen LogP contribution < -0.4 is 4.72 Å². The number of hydrogen-bond donors (Lipinski definition) is 1. The average molecular weight is 293 g/mol. The molecule has 3 rings (SSSR count). The van der Waals surface area contributed by atoms with E-state index in [1.807, 2.05) is 36.8 Å². The van der Waals surface area contributed by atoms with Gasteiger partial charge in [-0.2, -0.15) is 0 Å². The second kappa shape index (κ2) is 7.02. The Morgan fingerprint density at radius 1 is 0.810 bits per heavy atom. The van der Waals surface area contributed by atoms with E-state index in [0.29, 0.717) is 0 Å². The van der Waals surface area contributed by atoms with Gasteiger partial charge >= 0.3 is 0 Å². The molecular weight excluding hydrogens is 278 g/mol. The van der Waals surface area contributed by atoms with Crippen LogP contribution >= 0.6 is 11.9 Å². The minimum atomic E-state index is 0.817. The molecule has 0 spiro atoms. The van der Waals surface area contributed by atoms with Crippen molar-refractivity contribution in [3.63, 3.8) is 0 Å². The number of benzene rings is 1. The summed E-state index contributed by atoms with van der Waals surface area (Å²) in [6.45, 7) is 0.817. The van der Waals surface area contributed by atoms with Gasteiger partial charge in [0.25, 0.3) is 0 Å². The van der Waals surface area contributed by atoms with Crippen LogP contribution in [0.25, 0.3) is 11.1 Å². The quantitative estimate of drug-likeness (QED) is 0.723. The summed E-state index contributed by atoms with van der Waals surface area (Å²) in [6.07, 6.45) is 7.29. The molecule has 4 heteroatoms. The predicted molar refractivity (Wildman–Crippen MR) is 86.6 cm³/mol. The molecule has 0 radical (unpaired) electrons. The van der Waals surface area contributed by atoms with Crippen molar-refractivity contribution in [3.05, 3.63) is 78.9 Å². The molecule has 1 N–H and O–H groups in total. The highest BCUT2D eigenvalue weighted by molar-refractivity contribution is 7.97. The fraction of sp³-hybridized carbons (Fsp3) is 0.0588. The maximum Gasteiger partial charge on any atom is 0.0346 e. The summed E-state index contributed by atoms with van der Waals surface area (Å²) in [5.41, 5.74) is 3.55. The lowest BCUT2D eigenvalue weighted by atomic mass is 10.1. The monoisotopic (exact) mass is 293 g/mol. The molecule has 0 aliphatic heterocycles. The van der Waals surface area contributed by atoms with Crippen LogP contribution in [-0.4, -0.2) is 9.97 Å². The Morgan fingerprint density at radius 3 is 2.33 bits per heavy atom. The van der Waals surface area contributed by atoms with Gasteiger partial charge in [0.2, 0.25) is 0 Å². The van der Waals surface area contributed by atoms with Crippen molar-refractivity contribution in [2.75, 3.05) is 0 Å². The molecule has 21 heavy (non-hydrogen) atoms. The number of rotatable bonds is 5. The Hall–Kier alpha value is -2.17. The molecule has 1 aromatic carbocycles. The van der Waals surface area contributed by atoms with Gasteiger partial charge in [0.15, 0.2) is 0 Å². The fourth-order valence-electron chi connectivity index (χ4n) is 1.95. The first kappa shape index (κ1) is 13.8. The lowest BCUT2D eigenvalue weighted by Crippen LogP contribution is -2.02. The third-order valence-corrected chi connectivity index (χ3v) is 3.86. The van der Waals surface area contributed by atoms with Crippen molar-refractivity contribution >= 4 is 11.9 Å². The Morgan fingerprint density at radius 2 is 1.62 bits per heavy atom. The van der Waals surface area contributed by atoms with Gasteiger partial charge in [0.05, 0.1) is 0 Å². The van der Waals surface area contributed by atoms with Gasteiger partial charge in [0.1, 0.15) is 0 Å². The molecule has 0 unspecified atom stereocenters. The molecule has 3 nitrogen and oxygen atoms in total. The first-order valence-corrected chi connectivity index (χ1v) is 7.52. The van der Waals surface area contributed by atoms with E-state index in [0.717, 1.165) is 12.1 Å². The molecule has 104 valence electrons. The molecule has 0 aliphatic carbocycles. The number of nitrogens with one attached hydrogen (secondary N) is 1. The number of aromatic nitrogens is 2. The number of pyridine rings is 2. The zero-order chi connectivity index (χ0) is 14.3. The van der Waals surface area contributed by atoms with Crippen LogP contribution in [0.3, 0.4) is 0 Å². The summed E-state index contributed by atoms with van der Waals surface area (Å²) in [4.78, 5) is 9.35. The van der Waals surface area contributed by atoms with E-state index in [9.17, 15) is 0 Å². The Kier molecular flexibility index (Phi) is 4.61. The summed E-state index contributed by atoms with van der Waals surface area (Å²) in [5.74, 6) is 0. The summed E-state index contributed by atoms with van der Waals surface area (Å²) < 4.78 is 3.35. The highest BCUT2D eigenvalue weighted by atomic mass is 32.2. The Balaban J connectivity index is 1.58. The molecule has 0 bridgehead atoms. The normalized spacial score (nSPS) is 10.5. The molecule has 0 saturated heterocycles. The molecule has 0 saturated carbocycles. The van der Waals surface area contributed by atoms with Crippen LogP contribution in [-0.2, 0) is 6.54 Å². The maximum atomic E-state index is 4.14. The summed E-state index contributed by atoms with van der Waals surface area (Å²) in [7, 11) is 0. The molecule has 0 atom stereocenters. The smallest absolute Gasteiger partial charge is 0.0346 e.